The first-order valence-corrected chi connectivity index (χ1v) is 21.1. The average molecular weight is 816 g/mol. The number of nitrogens with zero attached hydrogens (tertiary/aromatic N) is 5. The summed E-state index contributed by atoms with van der Waals surface area (Å²) in [6.07, 6.45) is 1.84. The van der Waals surface area contributed by atoms with Crippen molar-refractivity contribution in [3.8, 4) is 28.4 Å². The number of pyridine rings is 1. The maximum Gasteiger partial charge on any atom is 0.503 e. The Labute approximate surface area is 363 Å². The molecule has 62 heavy (non-hydrogen) atoms. The van der Waals surface area contributed by atoms with Gasteiger partial charge >= 0.3 is 11.7 Å². The molecule has 0 saturated heterocycles. The highest BCUT2D eigenvalue weighted by molar-refractivity contribution is 6.09. The Morgan fingerprint density at radius 2 is 1.32 bits per heavy atom. The van der Waals surface area contributed by atoms with Gasteiger partial charge < -0.3 is 4.74 Å². The van der Waals surface area contributed by atoms with Crippen molar-refractivity contribution in [1.82, 2.24) is 18.7 Å². The lowest BCUT2D eigenvalue weighted by Gasteiger charge is -2.24. The molecule has 2 aromatic heterocycles. The molecule has 0 radical (unpaired) electrons. The minimum atomic E-state index is -0.290. The fourth-order valence-corrected chi connectivity index (χ4v) is 8.23. The van der Waals surface area contributed by atoms with Gasteiger partial charge in [-0.25, -0.2) is 14.2 Å². The van der Waals surface area contributed by atoms with E-state index in [1.54, 1.807) is 6.07 Å². The summed E-state index contributed by atoms with van der Waals surface area (Å²) in [6, 6.07) is 47.8. The molecule has 1 aliphatic rings. The minimum Gasteiger partial charge on any atom is -0.457 e. The minimum absolute atomic E-state index is 0.0829. The summed E-state index contributed by atoms with van der Waals surface area (Å²) >= 11 is 0. The van der Waals surface area contributed by atoms with Crippen molar-refractivity contribution < 1.29 is 9.13 Å². The van der Waals surface area contributed by atoms with Crippen LogP contribution >= 0.6 is 0 Å². The quantitative estimate of drug-likeness (QED) is 0.124. The molecule has 0 unspecified atom stereocenters. The van der Waals surface area contributed by atoms with Crippen molar-refractivity contribution in [3.05, 3.63) is 174 Å². The van der Waals surface area contributed by atoms with E-state index in [1.807, 2.05) is 72.9 Å². The van der Waals surface area contributed by atoms with E-state index in [9.17, 15) is 4.39 Å². The predicted molar refractivity (Wildman–Crippen MR) is 254 cm³/mol. The van der Waals surface area contributed by atoms with Crippen LogP contribution in [0.4, 0.5) is 32.8 Å². The number of benzene rings is 6. The van der Waals surface area contributed by atoms with Crippen molar-refractivity contribution >= 4 is 56.3 Å². The smallest absolute Gasteiger partial charge is 0.457 e. The van der Waals surface area contributed by atoms with Gasteiger partial charge in [-0.2, -0.15) is 0 Å². The van der Waals surface area contributed by atoms with E-state index in [0.717, 1.165) is 67.1 Å². The van der Waals surface area contributed by atoms with E-state index in [0.29, 0.717) is 17.2 Å². The number of aromatic nitrogens is 2. The van der Waals surface area contributed by atoms with Crippen LogP contribution in [0.25, 0.3) is 43.6 Å². The first-order valence-electron chi connectivity index (χ1n) is 21.1. The van der Waals surface area contributed by atoms with Crippen molar-refractivity contribution in [2.75, 3.05) is 0 Å². The van der Waals surface area contributed by atoms with Crippen LogP contribution in [0.3, 0.4) is 0 Å². The second-order valence-electron chi connectivity index (χ2n) is 19.3. The monoisotopic (exact) mass is 815 g/mol. The zero-order chi connectivity index (χ0) is 43.7. The van der Waals surface area contributed by atoms with Crippen LogP contribution < -0.4 is 13.9 Å². The molecule has 6 nitrogen and oxygen atoms in total. The van der Waals surface area contributed by atoms with Gasteiger partial charge in [0.2, 0.25) is 11.4 Å². The van der Waals surface area contributed by atoms with Crippen LogP contribution in [0.5, 0.6) is 11.5 Å². The average Bonchev–Trinajstić information content (AvgIpc) is 3.78. The molecule has 0 bridgehead atoms. The Hall–Kier alpha value is -7.13. The summed E-state index contributed by atoms with van der Waals surface area (Å²) in [5.41, 5.74) is 11.5. The van der Waals surface area contributed by atoms with Crippen LogP contribution in [0, 0.1) is 12.4 Å². The van der Waals surface area contributed by atoms with Crippen LogP contribution in [-0.2, 0) is 16.2 Å². The number of hydrogen-bond acceptors (Lipinski definition) is 2. The van der Waals surface area contributed by atoms with Gasteiger partial charge in [0.05, 0.1) is 29.2 Å². The fraction of sp³-hybridized carbons (Fsp3) is 0.218. The topological polar surface area (TPSA) is 37.4 Å². The second kappa shape index (κ2) is 14.8. The molecular weight excluding hydrogens is 766 g/mol. The standard InChI is InChI=1S/C55H50FN5O/c1-53(2,3)36-24-25-58-51(30-36)61-48-23-20-39(56)31-47(48)46-22-21-44(33-50(46)61)62-43-17-12-16-41(32-43)59-34-60(42-28-37(54(4,5)6)27-38(29-42)55(7,8)9)52-45(18-13-19-49(52)59)35-14-11-15-40(26-35)57-10/h11-33H,1-9H3/q+2. The number of ether oxygens (including phenoxy) is 1. The third kappa shape index (κ3) is 7.38. The van der Waals surface area contributed by atoms with E-state index >= 15 is 0 Å². The van der Waals surface area contributed by atoms with Gasteiger partial charge in [0.15, 0.2) is 5.69 Å². The lowest BCUT2D eigenvalue weighted by Crippen LogP contribution is -2.17. The zero-order valence-corrected chi connectivity index (χ0v) is 36.8. The van der Waals surface area contributed by atoms with Crippen LogP contribution in [0.1, 0.15) is 79.0 Å². The van der Waals surface area contributed by atoms with Crippen LogP contribution in [-0.4, -0.2) is 15.6 Å². The van der Waals surface area contributed by atoms with Crippen molar-refractivity contribution in [2.45, 2.75) is 78.6 Å². The first kappa shape index (κ1) is 40.3. The van der Waals surface area contributed by atoms with E-state index in [2.05, 4.69) is 141 Å². The van der Waals surface area contributed by atoms with Gasteiger partial charge in [0.1, 0.15) is 23.1 Å². The Bertz CT molecular complexity index is 3200. The number of hydrogen-bond donors (Lipinski definition) is 0. The molecule has 0 amide bonds. The highest BCUT2D eigenvalue weighted by Crippen LogP contribution is 2.45. The molecule has 0 atom stereocenters. The number of para-hydroxylation sites is 1. The van der Waals surface area contributed by atoms with Gasteiger partial charge in [-0.15, -0.1) is 0 Å². The maximum atomic E-state index is 14.7. The summed E-state index contributed by atoms with van der Waals surface area (Å²) < 4.78 is 27.8. The molecule has 1 aliphatic heterocycles. The molecule has 7 heteroatoms. The van der Waals surface area contributed by atoms with Crippen LogP contribution in [0.2, 0.25) is 0 Å². The molecule has 0 N–H and O–H groups in total. The van der Waals surface area contributed by atoms with Gasteiger partial charge in [-0.3, -0.25) is 4.57 Å². The summed E-state index contributed by atoms with van der Waals surface area (Å²) in [5, 5.41) is 1.71. The molecule has 0 spiro atoms. The Balaban J connectivity index is 1.19. The molecule has 8 aromatic rings. The van der Waals surface area contributed by atoms with Gasteiger partial charge in [0.25, 0.3) is 5.69 Å². The number of halogens is 1. The number of fused-ring (bicyclic) bond motifs is 4. The van der Waals surface area contributed by atoms with Gasteiger partial charge in [-0.1, -0.05) is 98.7 Å². The Kier molecular flexibility index (Phi) is 9.62. The molecule has 0 saturated carbocycles. The van der Waals surface area contributed by atoms with E-state index in [4.69, 9.17) is 16.3 Å². The summed E-state index contributed by atoms with van der Waals surface area (Å²) in [7, 11) is 0. The normalized spacial score (nSPS) is 12.9. The third-order valence-electron chi connectivity index (χ3n) is 11.7. The Morgan fingerprint density at radius 3 is 2.05 bits per heavy atom. The third-order valence-corrected chi connectivity index (χ3v) is 11.7. The van der Waals surface area contributed by atoms with Crippen molar-refractivity contribution in [1.29, 1.82) is 0 Å². The molecule has 6 aromatic carbocycles. The molecule has 306 valence electrons. The maximum absolute atomic E-state index is 14.7. The SMILES string of the molecule is [C-]#[N+]c1cccc(-c2cccc3c2[N+](c2cc(C(C)(C)C)cc(C(C)(C)C)c2)=C=[N+]3c2cccc(Oc3ccc4c5cc(F)ccc5n(-c5cc(C(C)(C)C)ccn5)c4c3)c2)c1. The van der Waals surface area contributed by atoms with Gasteiger partial charge in [-0.05, 0) is 108 Å². The number of rotatable bonds is 6. The lowest BCUT2D eigenvalue weighted by atomic mass is 9.80. The van der Waals surface area contributed by atoms with E-state index in [1.165, 1.54) is 17.2 Å². The van der Waals surface area contributed by atoms with Crippen LogP contribution in [0.15, 0.2) is 140 Å². The highest BCUT2D eigenvalue weighted by Gasteiger charge is 2.40. The lowest BCUT2D eigenvalue weighted by molar-refractivity contribution is 0.483. The largest absolute Gasteiger partial charge is 0.503 e. The van der Waals surface area contributed by atoms with Crippen molar-refractivity contribution in [3.63, 3.8) is 0 Å². The fourth-order valence-electron chi connectivity index (χ4n) is 8.23. The second-order valence-corrected chi connectivity index (χ2v) is 19.3. The highest BCUT2D eigenvalue weighted by atomic mass is 19.1. The molecule has 0 fully saturated rings. The molecule has 9 rings (SSSR count). The van der Waals surface area contributed by atoms with E-state index in [-0.39, 0.29) is 22.1 Å². The summed E-state index contributed by atoms with van der Waals surface area (Å²) in [5.74, 6) is 1.75. The Morgan fingerprint density at radius 1 is 0.613 bits per heavy atom. The zero-order valence-electron chi connectivity index (χ0n) is 36.8. The van der Waals surface area contributed by atoms with Crippen molar-refractivity contribution in [2.24, 2.45) is 0 Å². The molecular formula is C55H50FN5O+2. The molecule has 0 aliphatic carbocycles. The van der Waals surface area contributed by atoms with Gasteiger partial charge in [0, 0.05) is 47.3 Å². The predicted octanol–water partition coefficient (Wildman–Crippen LogP) is 15.1. The first-order chi connectivity index (χ1) is 29.5. The molecule has 3 heterocycles. The summed E-state index contributed by atoms with van der Waals surface area (Å²) in [6.45, 7) is 27.8. The summed E-state index contributed by atoms with van der Waals surface area (Å²) in [4.78, 5) is 8.55. The van der Waals surface area contributed by atoms with E-state index < -0.39 is 0 Å².